The summed E-state index contributed by atoms with van der Waals surface area (Å²) < 4.78 is 0. The van der Waals surface area contributed by atoms with Crippen LogP contribution in [0.15, 0.2) is 72.8 Å². The fourth-order valence-corrected chi connectivity index (χ4v) is 3.52. The van der Waals surface area contributed by atoms with Crippen molar-refractivity contribution in [2.45, 2.75) is 25.7 Å². The van der Waals surface area contributed by atoms with E-state index in [9.17, 15) is 0 Å². The van der Waals surface area contributed by atoms with Crippen molar-refractivity contribution in [1.29, 1.82) is 0 Å². The van der Waals surface area contributed by atoms with Crippen LogP contribution in [-0.4, -0.2) is 6.88 Å². The Morgan fingerprint density at radius 2 is 1.27 bits per heavy atom. The van der Waals surface area contributed by atoms with Crippen molar-refractivity contribution >= 4 is 28.4 Å². The van der Waals surface area contributed by atoms with Gasteiger partial charge in [0, 0.05) is 0 Å². The predicted molar refractivity (Wildman–Crippen MR) is 114 cm³/mol. The Labute approximate surface area is 175 Å². The molecule has 0 amide bonds. The van der Waals surface area contributed by atoms with Crippen LogP contribution in [0.2, 0.25) is 0 Å². The summed E-state index contributed by atoms with van der Waals surface area (Å²) in [5.74, 6) is 0. The molecule has 4 aromatic rings. The summed E-state index contributed by atoms with van der Waals surface area (Å²) in [5.41, 5.74) is 3.20. The van der Waals surface area contributed by atoms with Crippen molar-refractivity contribution in [2.75, 3.05) is 0 Å². The van der Waals surface area contributed by atoms with Gasteiger partial charge in [-0.1, -0.05) is 62.1 Å². The van der Waals surface area contributed by atoms with E-state index in [1.54, 1.807) is 11.1 Å². The molecule has 0 aromatic heterocycles. The molecule has 0 fully saturated rings. The molecule has 0 heterocycles. The summed E-state index contributed by atoms with van der Waals surface area (Å²) in [4.78, 5) is 0. The van der Waals surface area contributed by atoms with Crippen LogP contribution in [0.25, 0.3) is 21.5 Å². The summed E-state index contributed by atoms with van der Waals surface area (Å²) in [6.07, 6.45) is 5.44. The third-order valence-corrected chi connectivity index (χ3v) is 4.67. The van der Waals surface area contributed by atoms with Crippen molar-refractivity contribution in [3.63, 3.8) is 0 Å². The zero-order valence-corrected chi connectivity index (χ0v) is 19.2. The smallest absolute Gasteiger partial charge is 0.0512 e. The van der Waals surface area contributed by atoms with Gasteiger partial charge in [0.1, 0.15) is 0 Å². The normalized spacial score (nSPS) is 11.7. The molecule has 0 bridgehead atoms. The number of hydrogen-bond donors (Lipinski definition) is 0. The second kappa shape index (κ2) is 11.5. The van der Waals surface area contributed by atoms with Crippen LogP contribution in [-0.2, 0) is 36.2 Å². The van der Waals surface area contributed by atoms with E-state index in [2.05, 4.69) is 79.7 Å². The summed E-state index contributed by atoms with van der Waals surface area (Å²) in [6, 6.07) is 26.0. The number of aryl methyl sites for hydroxylation is 2. The van der Waals surface area contributed by atoms with Crippen molar-refractivity contribution in [1.82, 2.24) is 0 Å². The maximum atomic E-state index is 3.06. The topological polar surface area (TPSA) is 0 Å². The molecule has 2 radical (unpaired) electrons. The Balaban J connectivity index is 0.000000232. The number of hydrogen-bond acceptors (Lipinski definition) is 0. The van der Waals surface area contributed by atoms with Crippen LogP contribution in [0, 0.1) is 14.9 Å². The van der Waals surface area contributed by atoms with Crippen molar-refractivity contribution < 1.29 is 23.3 Å². The van der Waals surface area contributed by atoms with E-state index in [0.29, 0.717) is 0 Å². The molecule has 2 heteroatoms. The summed E-state index contributed by atoms with van der Waals surface area (Å²) in [5, 5.41) is 5.39. The molecule has 26 heavy (non-hydrogen) atoms. The van der Waals surface area contributed by atoms with Crippen LogP contribution in [0.4, 0.5) is 0 Å². The third-order valence-electron chi connectivity index (χ3n) is 4.67. The molecule has 0 spiro atoms. The Hall–Kier alpha value is -1.24. The van der Waals surface area contributed by atoms with E-state index in [0.717, 1.165) is 0 Å². The predicted octanol–water partition coefficient (Wildman–Crippen LogP) is 6.51. The van der Waals surface area contributed by atoms with Gasteiger partial charge in [-0.15, -0.1) is 39.7 Å². The van der Waals surface area contributed by atoms with Crippen molar-refractivity contribution in [2.24, 2.45) is 0 Å². The molecule has 0 saturated heterocycles. The zero-order chi connectivity index (χ0) is 16.8. The minimum absolute atomic E-state index is 0. The van der Waals surface area contributed by atoms with Gasteiger partial charge in [-0.05, 0) is 0 Å². The van der Waals surface area contributed by atoms with E-state index in [1.807, 2.05) is 0 Å². The fourth-order valence-electron chi connectivity index (χ4n) is 3.52. The van der Waals surface area contributed by atoms with E-state index >= 15 is 0 Å². The monoisotopic (exact) mass is 432 g/mol. The van der Waals surface area contributed by atoms with E-state index in [1.165, 1.54) is 70.6 Å². The van der Waals surface area contributed by atoms with Gasteiger partial charge in [0.2, 0.25) is 0 Å². The summed E-state index contributed by atoms with van der Waals surface area (Å²) in [6.45, 7) is 3.06. The molecule has 0 aliphatic heterocycles. The number of rotatable bonds is 0. The largest absolute Gasteiger partial charge is 0.210 e. The first kappa shape index (κ1) is 22.8. The molecule has 4 aromatic carbocycles. The molecule has 1 aliphatic rings. The average Bonchev–Trinajstić information content (AvgIpc) is 3.28. The van der Waals surface area contributed by atoms with E-state index < -0.39 is 0 Å². The van der Waals surface area contributed by atoms with Gasteiger partial charge in [0.25, 0.3) is 0 Å². The molecule has 1 aliphatic carbocycles. The van der Waals surface area contributed by atoms with Gasteiger partial charge in [0.05, 0.1) is 0 Å². The number of fused-ring (bicyclic) bond motifs is 4. The van der Waals surface area contributed by atoms with Crippen LogP contribution in [0.5, 0.6) is 0 Å². The van der Waals surface area contributed by atoms with Crippen LogP contribution >= 0.6 is 0 Å². The SMILES string of the molecule is [CH3-].[CH3-].[Si]=[Zr].c1cc2c([cH-]1)CCCC2.c1ccc2c(c1)[cH-]c1ccccc12. The molecule has 0 N–H and O–H groups in total. The summed E-state index contributed by atoms with van der Waals surface area (Å²) in [7, 11) is 0. The first-order valence-electron chi connectivity index (χ1n) is 8.43. The molecular formula is C24H26SiZr-4. The van der Waals surface area contributed by atoms with Crippen LogP contribution < -0.4 is 0 Å². The van der Waals surface area contributed by atoms with E-state index in [-0.39, 0.29) is 14.9 Å². The molecule has 0 nitrogen and oxygen atoms in total. The minimum atomic E-state index is 0. The molecule has 0 unspecified atom stereocenters. The first-order valence-corrected chi connectivity index (χ1v) is 12.6. The molecule has 134 valence electrons. The second-order valence-corrected chi connectivity index (χ2v) is 6.10. The van der Waals surface area contributed by atoms with Gasteiger partial charge in [-0.2, -0.15) is 23.3 Å². The maximum Gasteiger partial charge on any atom is -0.0512 e. The average molecular weight is 434 g/mol. The Morgan fingerprint density at radius 1 is 0.731 bits per heavy atom. The second-order valence-electron chi connectivity index (χ2n) is 6.10. The van der Waals surface area contributed by atoms with Gasteiger partial charge < -0.3 is 14.9 Å². The Morgan fingerprint density at radius 3 is 1.85 bits per heavy atom. The summed E-state index contributed by atoms with van der Waals surface area (Å²) >= 11 is 1.36. The Bertz CT molecular complexity index is 845. The van der Waals surface area contributed by atoms with E-state index in [4.69, 9.17) is 0 Å². The quantitative estimate of drug-likeness (QED) is 0.219. The standard InChI is InChI=1S/C13H9.C9H11.2CH3.Si.Zr/c1-3-7-12-10(5-1)9-11-6-2-4-8-13(11)12;1-2-5-9-7-3-6-8(9)4-1;;;;/h1-9H;3,6-7H,1-2,4-5H2;2*1H3;;/q4*-1;;. The minimum Gasteiger partial charge on any atom is -0.210 e. The van der Waals surface area contributed by atoms with Crippen molar-refractivity contribution in [3.05, 3.63) is 98.8 Å². The van der Waals surface area contributed by atoms with Gasteiger partial charge >= 0.3 is 30.2 Å². The molecule has 5 rings (SSSR count). The van der Waals surface area contributed by atoms with Crippen LogP contribution in [0.1, 0.15) is 24.0 Å². The van der Waals surface area contributed by atoms with Crippen LogP contribution in [0.3, 0.4) is 0 Å². The zero-order valence-electron chi connectivity index (χ0n) is 15.8. The Kier molecular flexibility index (Phi) is 10.1. The third kappa shape index (κ3) is 5.15. The molecular weight excluding hydrogens is 408 g/mol. The molecule has 0 atom stereocenters. The van der Waals surface area contributed by atoms with Gasteiger partial charge in [-0.25, -0.2) is 6.07 Å². The van der Waals surface area contributed by atoms with Crippen molar-refractivity contribution in [3.8, 4) is 0 Å². The maximum absolute atomic E-state index is 3.06. The fraction of sp³-hybridized carbons (Fsp3) is 0.167. The molecule has 0 saturated carbocycles. The first-order chi connectivity index (χ1) is 11.9. The van der Waals surface area contributed by atoms with Gasteiger partial charge in [0.15, 0.2) is 0 Å². The number of benzene rings is 2. The van der Waals surface area contributed by atoms with Gasteiger partial charge in [-0.3, -0.25) is 0 Å².